The van der Waals surface area contributed by atoms with Gasteiger partial charge in [-0.2, -0.15) is 11.8 Å². The van der Waals surface area contributed by atoms with Crippen LogP contribution in [-0.4, -0.2) is 17.5 Å². The Balaban J connectivity index is 1.42. The molecule has 186 valence electrons. The van der Waals surface area contributed by atoms with Crippen molar-refractivity contribution < 1.29 is 0 Å². The average molecular weight is 510 g/mol. The van der Waals surface area contributed by atoms with Gasteiger partial charge in [-0.05, 0) is 45.5 Å². The van der Waals surface area contributed by atoms with Crippen molar-refractivity contribution in [2.45, 2.75) is 41.7 Å². The molecule has 0 heterocycles. The van der Waals surface area contributed by atoms with Crippen LogP contribution < -0.4 is 0 Å². The second-order valence-electron chi connectivity index (χ2n) is 11.0. The van der Waals surface area contributed by atoms with Crippen LogP contribution in [0.25, 0.3) is 10.8 Å². The van der Waals surface area contributed by atoms with Crippen LogP contribution in [0.1, 0.15) is 47.2 Å². The van der Waals surface area contributed by atoms with Crippen molar-refractivity contribution in [3.05, 3.63) is 155 Å². The molecule has 1 nitrogen and oxygen atoms in total. The molecule has 0 N–H and O–H groups in total. The lowest BCUT2D eigenvalue weighted by Crippen LogP contribution is -2.62. The van der Waals surface area contributed by atoms with E-state index in [0.29, 0.717) is 5.25 Å². The van der Waals surface area contributed by atoms with E-state index in [1.54, 1.807) is 0 Å². The summed E-state index contributed by atoms with van der Waals surface area (Å²) in [5.41, 5.74) is 7.99. The van der Waals surface area contributed by atoms with E-state index in [-0.39, 0.29) is 16.9 Å². The summed E-state index contributed by atoms with van der Waals surface area (Å²) < 4.78 is 0. The highest BCUT2D eigenvalue weighted by atomic mass is 32.2. The lowest BCUT2D eigenvalue weighted by atomic mass is 9.48. The van der Waals surface area contributed by atoms with Crippen LogP contribution in [0.2, 0.25) is 0 Å². The molecule has 0 spiro atoms. The molecule has 0 saturated carbocycles. The average Bonchev–Trinajstić information content (AvgIpc) is 2.98. The maximum atomic E-state index is 5.55. The fourth-order valence-electron chi connectivity index (χ4n) is 7.08. The van der Waals surface area contributed by atoms with Gasteiger partial charge in [0.2, 0.25) is 0 Å². The summed E-state index contributed by atoms with van der Waals surface area (Å²) in [4.78, 5) is 5.55. The summed E-state index contributed by atoms with van der Waals surface area (Å²) >= 11 is 2.07. The minimum Gasteiger partial charge on any atom is -0.287 e. The zero-order chi connectivity index (χ0) is 25.7. The maximum Gasteiger partial charge on any atom is 0.0764 e. The van der Waals surface area contributed by atoms with Crippen LogP contribution in [0.4, 0.5) is 0 Å². The van der Waals surface area contributed by atoms with Crippen molar-refractivity contribution >= 4 is 28.7 Å². The van der Waals surface area contributed by atoms with E-state index in [9.17, 15) is 0 Å². The molecule has 0 aromatic heterocycles. The minimum absolute atomic E-state index is 0.102. The summed E-state index contributed by atoms with van der Waals surface area (Å²) in [6.07, 6.45) is 2.16. The molecule has 2 bridgehead atoms. The highest BCUT2D eigenvalue weighted by molar-refractivity contribution is 7.99. The largest absolute Gasteiger partial charge is 0.287 e. The van der Waals surface area contributed by atoms with E-state index in [1.807, 2.05) is 0 Å². The van der Waals surface area contributed by atoms with Gasteiger partial charge in [-0.25, -0.2) is 0 Å². The Morgan fingerprint density at radius 3 is 1.87 bits per heavy atom. The minimum atomic E-state index is -0.208. The third-order valence-corrected chi connectivity index (χ3v) is 10.6. The molecule has 3 aliphatic carbocycles. The summed E-state index contributed by atoms with van der Waals surface area (Å²) in [6.45, 7) is 4.90. The van der Waals surface area contributed by atoms with Crippen LogP contribution in [0.5, 0.6) is 0 Å². The number of thioether (sulfide) groups is 1. The molecule has 8 rings (SSSR count). The first-order chi connectivity index (χ1) is 18.6. The highest BCUT2D eigenvalue weighted by Gasteiger charge is 2.62. The van der Waals surface area contributed by atoms with Crippen molar-refractivity contribution in [3.8, 4) is 0 Å². The maximum absolute atomic E-state index is 5.55. The Bertz CT molecular complexity index is 1620. The summed E-state index contributed by atoms with van der Waals surface area (Å²) in [5, 5.41) is 2.81. The van der Waals surface area contributed by atoms with Gasteiger partial charge < -0.3 is 0 Å². The van der Waals surface area contributed by atoms with E-state index in [4.69, 9.17) is 4.99 Å². The molecule has 0 unspecified atom stereocenters. The molecule has 0 fully saturated rings. The van der Waals surface area contributed by atoms with Gasteiger partial charge in [-0.15, -0.1) is 0 Å². The van der Waals surface area contributed by atoms with E-state index >= 15 is 0 Å². The van der Waals surface area contributed by atoms with Crippen LogP contribution in [-0.2, 0) is 16.6 Å². The van der Waals surface area contributed by atoms with Crippen LogP contribution in [0, 0.1) is 0 Å². The summed E-state index contributed by atoms with van der Waals surface area (Å²) in [5.74, 6) is 0.974. The molecular formula is C36H31NS. The Morgan fingerprint density at radius 1 is 0.632 bits per heavy atom. The van der Waals surface area contributed by atoms with Gasteiger partial charge >= 0.3 is 0 Å². The topological polar surface area (TPSA) is 12.4 Å². The molecule has 0 aliphatic heterocycles. The summed E-state index contributed by atoms with van der Waals surface area (Å²) in [7, 11) is 0. The monoisotopic (exact) mass is 509 g/mol. The number of aliphatic imine (C=N–C) groups is 1. The smallest absolute Gasteiger partial charge is 0.0764 e. The molecule has 3 aliphatic rings. The molecule has 0 saturated heterocycles. The number of benzene rings is 5. The number of fused-ring (bicyclic) bond motifs is 2. The second kappa shape index (κ2) is 8.99. The Labute approximate surface area is 229 Å². The van der Waals surface area contributed by atoms with Crippen molar-refractivity contribution in [2.24, 2.45) is 4.99 Å². The molecule has 5 aromatic carbocycles. The Kier molecular flexibility index (Phi) is 5.56. The van der Waals surface area contributed by atoms with E-state index in [0.717, 1.165) is 5.75 Å². The lowest BCUT2D eigenvalue weighted by molar-refractivity contribution is 0.294. The number of hydrogen-bond acceptors (Lipinski definition) is 2. The second-order valence-corrected chi connectivity index (χ2v) is 12.1. The van der Waals surface area contributed by atoms with Gasteiger partial charge in [0, 0.05) is 33.6 Å². The summed E-state index contributed by atoms with van der Waals surface area (Å²) in [6, 6.07) is 44.4. The van der Waals surface area contributed by atoms with Crippen molar-refractivity contribution in [2.75, 3.05) is 0 Å². The normalized spacial score (nSPS) is 25.4. The molecule has 38 heavy (non-hydrogen) atoms. The predicted octanol–water partition coefficient (Wildman–Crippen LogP) is 8.57. The van der Waals surface area contributed by atoms with Crippen molar-refractivity contribution in [1.82, 2.24) is 0 Å². The van der Waals surface area contributed by atoms with Gasteiger partial charge in [-0.1, -0.05) is 128 Å². The number of rotatable bonds is 5. The van der Waals surface area contributed by atoms with Gasteiger partial charge in [0.05, 0.1) is 6.04 Å². The lowest BCUT2D eigenvalue weighted by Gasteiger charge is -2.60. The molecule has 0 radical (unpaired) electrons. The molecule has 5 aromatic rings. The third kappa shape index (κ3) is 3.36. The van der Waals surface area contributed by atoms with Crippen LogP contribution in [0.3, 0.4) is 0 Å². The molecule has 2 heteroatoms. The van der Waals surface area contributed by atoms with Crippen LogP contribution >= 0.6 is 11.8 Å². The highest BCUT2D eigenvalue weighted by Crippen LogP contribution is 2.62. The first-order valence-corrected chi connectivity index (χ1v) is 14.5. The quantitative estimate of drug-likeness (QED) is 0.216. The van der Waals surface area contributed by atoms with Crippen molar-refractivity contribution in [3.63, 3.8) is 0 Å². The number of nitrogens with zero attached hydrogens (tertiary/aromatic N) is 1. The van der Waals surface area contributed by atoms with E-state index in [2.05, 4.69) is 153 Å². The van der Waals surface area contributed by atoms with Gasteiger partial charge in [0.15, 0.2) is 0 Å². The molecule has 0 amide bonds. The number of hydrogen-bond donors (Lipinski definition) is 0. The van der Waals surface area contributed by atoms with Crippen LogP contribution in [0.15, 0.2) is 126 Å². The third-order valence-electron chi connectivity index (χ3n) is 9.01. The van der Waals surface area contributed by atoms with Gasteiger partial charge in [-0.3, -0.25) is 4.99 Å². The van der Waals surface area contributed by atoms with Gasteiger partial charge in [0.25, 0.3) is 0 Å². The zero-order valence-electron chi connectivity index (χ0n) is 21.8. The van der Waals surface area contributed by atoms with E-state index < -0.39 is 0 Å². The Morgan fingerprint density at radius 2 is 1.18 bits per heavy atom. The SMILES string of the molecule is CC12c3ccccc3C(C)(c3ccccc31)[C@@H](SCc1ccccc1)[C@H]2N=Cc1cccc2ccccc12. The fraction of sp³-hybridized carbons (Fsp3) is 0.194. The predicted molar refractivity (Wildman–Crippen MR) is 163 cm³/mol. The first-order valence-electron chi connectivity index (χ1n) is 13.5. The molecular weight excluding hydrogens is 478 g/mol. The van der Waals surface area contributed by atoms with Crippen molar-refractivity contribution in [1.29, 1.82) is 0 Å². The molecule has 2 atom stereocenters. The Hall–Kier alpha value is -3.62. The standard InChI is InChI=1S/C36H31NS/c1-35-29-19-8-10-21-31(29)36(2,32-22-11-9-20-30(32)35)34(38-24-25-13-4-3-5-14-25)33(35)37-23-27-17-12-16-26-15-6-7-18-28(26)27/h3-23,33-34H,24H2,1-2H3/t33-,34+,35?,36?/m1/s1. The zero-order valence-corrected chi connectivity index (χ0v) is 22.7. The van der Waals surface area contributed by atoms with Gasteiger partial charge in [0.1, 0.15) is 0 Å². The fourth-order valence-corrected chi connectivity index (χ4v) is 8.76. The van der Waals surface area contributed by atoms with E-state index in [1.165, 1.54) is 44.2 Å². The first kappa shape index (κ1) is 23.5.